The van der Waals surface area contributed by atoms with Crippen molar-refractivity contribution in [3.63, 3.8) is 0 Å². The Balaban J connectivity index is 2.34. The van der Waals surface area contributed by atoms with Crippen molar-refractivity contribution in [1.82, 2.24) is 0 Å². The Kier molecular flexibility index (Phi) is 6.63. The van der Waals surface area contributed by atoms with Gasteiger partial charge in [-0.15, -0.1) is 0 Å². The Hall–Kier alpha value is -2.65. The number of halogens is 1. The maximum Gasteiger partial charge on any atom is 0.271 e. The number of carbonyl (C=O) groups excluding carboxylic acids is 1. The molecular weight excluding hydrogens is 406 g/mol. The molecule has 2 aromatic carbocycles. The lowest BCUT2D eigenvalue weighted by molar-refractivity contribution is -0.384. The number of rotatable bonds is 7. The van der Waals surface area contributed by atoms with E-state index in [-0.39, 0.29) is 16.4 Å². The molecule has 10 heteroatoms. The first kappa shape index (κ1) is 21.6. The van der Waals surface area contributed by atoms with Crippen molar-refractivity contribution in [1.29, 1.82) is 0 Å². The largest absolute Gasteiger partial charge is 0.323 e. The standard InChI is InChI=1S/C18H20ClN3O5S/c1-4-13-5-7-14(8-6-13)21(28(3,26)27)12(2)18(23)20-17-11-15(22(24)25)9-10-16(17)19/h5-12H,4H2,1-3H3,(H,20,23)/t12-/m1/s1. The van der Waals surface area contributed by atoms with Gasteiger partial charge in [0.2, 0.25) is 15.9 Å². The van der Waals surface area contributed by atoms with E-state index in [4.69, 9.17) is 11.6 Å². The molecule has 0 bridgehead atoms. The molecule has 0 aromatic heterocycles. The molecule has 0 spiro atoms. The molecule has 8 nitrogen and oxygen atoms in total. The summed E-state index contributed by atoms with van der Waals surface area (Å²) in [5, 5.41) is 13.5. The number of aryl methyl sites for hydroxylation is 1. The highest BCUT2D eigenvalue weighted by Crippen LogP contribution is 2.28. The number of nitro groups is 1. The summed E-state index contributed by atoms with van der Waals surface area (Å²) in [5.74, 6) is -0.674. The number of hydrogen-bond donors (Lipinski definition) is 1. The molecule has 0 radical (unpaired) electrons. The van der Waals surface area contributed by atoms with Gasteiger partial charge in [-0.25, -0.2) is 8.42 Å². The minimum absolute atomic E-state index is 0.0301. The van der Waals surface area contributed by atoms with Crippen molar-refractivity contribution in [3.05, 3.63) is 63.2 Å². The van der Waals surface area contributed by atoms with Crippen molar-refractivity contribution in [3.8, 4) is 0 Å². The normalized spacial score (nSPS) is 12.3. The third kappa shape index (κ3) is 4.99. The van der Waals surface area contributed by atoms with Gasteiger partial charge in [0.05, 0.1) is 27.6 Å². The van der Waals surface area contributed by atoms with E-state index in [0.717, 1.165) is 28.6 Å². The number of anilines is 2. The molecule has 0 fully saturated rings. The molecule has 0 saturated carbocycles. The minimum atomic E-state index is -3.77. The van der Waals surface area contributed by atoms with Crippen LogP contribution in [0.3, 0.4) is 0 Å². The van der Waals surface area contributed by atoms with Crippen molar-refractivity contribution >= 4 is 44.6 Å². The van der Waals surface area contributed by atoms with Crippen LogP contribution in [0, 0.1) is 10.1 Å². The number of non-ortho nitro benzene ring substituents is 1. The zero-order valence-electron chi connectivity index (χ0n) is 15.5. The van der Waals surface area contributed by atoms with Gasteiger partial charge >= 0.3 is 0 Å². The quantitative estimate of drug-likeness (QED) is 0.538. The van der Waals surface area contributed by atoms with Crippen molar-refractivity contribution in [2.24, 2.45) is 0 Å². The van der Waals surface area contributed by atoms with Crippen LogP contribution in [-0.4, -0.2) is 31.5 Å². The summed E-state index contributed by atoms with van der Waals surface area (Å²) in [6, 6.07) is 9.34. The highest BCUT2D eigenvalue weighted by molar-refractivity contribution is 7.92. The number of carbonyl (C=O) groups is 1. The maximum absolute atomic E-state index is 12.7. The predicted molar refractivity (Wildman–Crippen MR) is 109 cm³/mol. The summed E-state index contributed by atoms with van der Waals surface area (Å²) >= 11 is 6.00. The lowest BCUT2D eigenvalue weighted by Gasteiger charge is -2.28. The van der Waals surface area contributed by atoms with Gasteiger partial charge in [-0.1, -0.05) is 30.7 Å². The third-order valence-electron chi connectivity index (χ3n) is 4.11. The molecule has 2 aromatic rings. The Labute approximate surface area is 168 Å². The van der Waals surface area contributed by atoms with Gasteiger partial charge in [-0.3, -0.25) is 19.2 Å². The number of hydrogen-bond acceptors (Lipinski definition) is 5. The van der Waals surface area contributed by atoms with E-state index in [0.29, 0.717) is 5.69 Å². The first-order valence-electron chi connectivity index (χ1n) is 8.37. The number of benzene rings is 2. The maximum atomic E-state index is 12.7. The summed E-state index contributed by atoms with van der Waals surface area (Å²) in [6.07, 6.45) is 1.80. The smallest absolute Gasteiger partial charge is 0.271 e. The van der Waals surface area contributed by atoms with Crippen LogP contribution in [0.2, 0.25) is 5.02 Å². The first-order valence-corrected chi connectivity index (χ1v) is 10.6. The molecule has 1 atom stereocenters. The molecule has 0 saturated heterocycles. The number of nitro benzene ring substituents is 1. The molecule has 0 unspecified atom stereocenters. The zero-order valence-corrected chi connectivity index (χ0v) is 17.1. The van der Waals surface area contributed by atoms with Crippen LogP contribution < -0.4 is 9.62 Å². The summed E-state index contributed by atoms with van der Waals surface area (Å²) < 4.78 is 25.6. The summed E-state index contributed by atoms with van der Waals surface area (Å²) in [6.45, 7) is 3.40. The molecule has 0 aliphatic heterocycles. The lowest BCUT2D eigenvalue weighted by Crippen LogP contribution is -2.45. The van der Waals surface area contributed by atoms with Crippen molar-refractivity contribution < 1.29 is 18.1 Å². The van der Waals surface area contributed by atoms with Crippen LogP contribution in [0.15, 0.2) is 42.5 Å². The van der Waals surface area contributed by atoms with E-state index in [2.05, 4.69) is 5.32 Å². The fraction of sp³-hybridized carbons (Fsp3) is 0.278. The Morgan fingerprint density at radius 2 is 1.86 bits per heavy atom. The number of amides is 1. The second kappa shape index (κ2) is 8.57. The van der Waals surface area contributed by atoms with Crippen LogP contribution in [-0.2, 0) is 21.2 Å². The number of nitrogens with one attached hydrogen (secondary N) is 1. The monoisotopic (exact) mass is 425 g/mol. The Bertz CT molecular complexity index is 993. The fourth-order valence-electron chi connectivity index (χ4n) is 2.65. The summed E-state index contributed by atoms with van der Waals surface area (Å²) in [4.78, 5) is 23.0. The molecule has 1 amide bonds. The SMILES string of the molecule is CCc1ccc(N([C@H](C)C(=O)Nc2cc([N+](=O)[O-])ccc2Cl)S(C)(=O)=O)cc1. The second-order valence-corrected chi connectivity index (χ2v) is 8.43. The van der Waals surface area contributed by atoms with Gasteiger partial charge in [0.15, 0.2) is 0 Å². The minimum Gasteiger partial charge on any atom is -0.323 e. The van der Waals surface area contributed by atoms with Gasteiger partial charge < -0.3 is 5.32 Å². The van der Waals surface area contributed by atoms with Crippen molar-refractivity contribution in [2.75, 3.05) is 15.9 Å². The summed E-state index contributed by atoms with van der Waals surface area (Å²) in [5.41, 5.74) is 1.15. The molecule has 2 rings (SSSR count). The average molecular weight is 426 g/mol. The average Bonchev–Trinajstić information content (AvgIpc) is 2.62. The third-order valence-corrected chi connectivity index (χ3v) is 5.68. The number of nitrogens with zero attached hydrogens (tertiary/aromatic N) is 2. The van der Waals surface area contributed by atoms with Crippen LogP contribution >= 0.6 is 11.6 Å². The highest BCUT2D eigenvalue weighted by Gasteiger charge is 2.29. The molecule has 150 valence electrons. The van der Waals surface area contributed by atoms with Crippen LogP contribution in [0.4, 0.5) is 17.1 Å². The van der Waals surface area contributed by atoms with Gasteiger partial charge in [-0.2, -0.15) is 0 Å². The number of sulfonamides is 1. The second-order valence-electron chi connectivity index (χ2n) is 6.17. The fourth-order valence-corrected chi connectivity index (χ4v) is 3.99. The van der Waals surface area contributed by atoms with E-state index in [9.17, 15) is 23.3 Å². The van der Waals surface area contributed by atoms with Crippen LogP contribution in [0.25, 0.3) is 0 Å². The molecular formula is C18H20ClN3O5S. The highest BCUT2D eigenvalue weighted by atomic mass is 35.5. The molecule has 1 N–H and O–H groups in total. The topological polar surface area (TPSA) is 110 Å². The van der Waals surface area contributed by atoms with Crippen LogP contribution in [0.5, 0.6) is 0 Å². The van der Waals surface area contributed by atoms with E-state index >= 15 is 0 Å². The Morgan fingerprint density at radius 3 is 2.36 bits per heavy atom. The molecule has 0 aliphatic carbocycles. The summed E-state index contributed by atoms with van der Waals surface area (Å²) in [7, 11) is -3.77. The Morgan fingerprint density at radius 1 is 1.25 bits per heavy atom. The van der Waals surface area contributed by atoms with E-state index in [1.54, 1.807) is 24.3 Å². The van der Waals surface area contributed by atoms with Crippen molar-refractivity contribution in [2.45, 2.75) is 26.3 Å². The van der Waals surface area contributed by atoms with E-state index in [1.807, 2.05) is 6.92 Å². The van der Waals surface area contributed by atoms with E-state index < -0.39 is 26.9 Å². The predicted octanol–water partition coefficient (Wildman–Crippen LogP) is 3.60. The van der Waals surface area contributed by atoms with Gasteiger partial charge in [0, 0.05) is 12.1 Å². The van der Waals surface area contributed by atoms with Gasteiger partial charge in [0.25, 0.3) is 5.69 Å². The van der Waals surface area contributed by atoms with Gasteiger partial charge in [0.1, 0.15) is 6.04 Å². The van der Waals surface area contributed by atoms with Gasteiger partial charge in [-0.05, 0) is 37.1 Å². The first-order chi connectivity index (χ1) is 13.0. The molecule has 28 heavy (non-hydrogen) atoms. The zero-order chi connectivity index (χ0) is 21.1. The van der Waals surface area contributed by atoms with Crippen LogP contribution in [0.1, 0.15) is 19.4 Å². The van der Waals surface area contributed by atoms with E-state index in [1.165, 1.54) is 19.1 Å². The lowest BCUT2D eigenvalue weighted by atomic mass is 10.1. The molecule has 0 aliphatic rings. The molecule has 0 heterocycles.